The summed E-state index contributed by atoms with van der Waals surface area (Å²) in [6.07, 6.45) is 1.59. The van der Waals surface area contributed by atoms with Crippen LogP contribution in [0.5, 0.6) is 0 Å². The minimum atomic E-state index is -0.341. The number of halogens is 1. The van der Waals surface area contributed by atoms with E-state index in [1.54, 1.807) is 24.1 Å². The normalized spacial score (nSPS) is 17.5. The van der Waals surface area contributed by atoms with Crippen molar-refractivity contribution in [1.82, 2.24) is 10.2 Å². The van der Waals surface area contributed by atoms with Crippen LogP contribution in [0.2, 0.25) is 0 Å². The van der Waals surface area contributed by atoms with Gasteiger partial charge >= 0.3 is 0 Å². The molecule has 1 aliphatic rings. The van der Waals surface area contributed by atoms with E-state index < -0.39 is 0 Å². The molecule has 2 rings (SSSR count). The number of nitrogens with one attached hydrogen (secondary N) is 1. The fourth-order valence-corrected chi connectivity index (χ4v) is 2.40. The maximum Gasteiger partial charge on any atom is 0.254 e. The molecule has 1 heterocycles. The highest BCUT2D eigenvalue weighted by Gasteiger charge is 2.33. The summed E-state index contributed by atoms with van der Waals surface area (Å²) in [6, 6.07) is 6.89. The van der Waals surface area contributed by atoms with E-state index in [0.717, 1.165) is 18.4 Å². The Morgan fingerprint density at radius 3 is 2.55 bits per heavy atom. The fraction of sp³-hybridized carbons (Fsp3) is 0.429. The number of hydrogen-bond acceptors (Lipinski definition) is 3. The number of likely N-dealkylation sites (N-methyl/N-ethyl adjacent to an activating group) is 1. The van der Waals surface area contributed by atoms with Gasteiger partial charge in [-0.1, -0.05) is 12.1 Å². The van der Waals surface area contributed by atoms with Crippen molar-refractivity contribution in [3.8, 4) is 0 Å². The Kier molecular flexibility index (Phi) is 5.98. The maximum atomic E-state index is 12.4. The molecule has 1 unspecified atom stereocenters. The maximum absolute atomic E-state index is 12.4. The van der Waals surface area contributed by atoms with Crippen molar-refractivity contribution < 1.29 is 9.59 Å². The molecule has 1 atom stereocenters. The summed E-state index contributed by atoms with van der Waals surface area (Å²) < 4.78 is 0. The zero-order valence-corrected chi connectivity index (χ0v) is 12.3. The highest BCUT2D eigenvalue weighted by molar-refractivity contribution is 5.97. The number of likely N-dealkylation sites (tertiary alicyclic amines) is 1. The molecular weight excluding hydrogens is 278 g/mol. The van der Waals surface area contributed by atoms with Crippen molar-refractivity contribution in [3.05, 3.63) is 35.4 Å². The van der Waals surface area contributed by atoms with Gasteiger partial charge in [-0.3, -0.25) is 9.59 Å². The number of rotatable bonds is 3. The van der Waals surface area contributed by atoms with Crippen LogP contribution in [-0.2, 0) is 11.3 Å². The van der Waals surface area contributed by atoms with Gasteiger partial charge in [0.1, 0.15) is 6.04 Å². The predicted molar refractivity (Wildman–Crippen MR) is 79.7 cm³/mol. The SMILES string of the molecule is CNC(=O)C1CCCN1C(=O)c1ccc(CN)cc1.Cl. The lowest BCUT2D eigenvalue weighted by atomic mass is 10.1. The molecule has 1 aromatic rings. The number of carbonyl (C=O) groups is 2. The largest absolute Gasteiger partial charge is 0.357 e. The van der Waals surface area contributed by atoms with Gasteiger partial charge in [0.05, 0.1) is 0 Å². The van der Waals surface area contributed by atoms with Gasteiger partial charge in [-0.2, -0.15) is 0 Å². The smallest absolute Gasteiger partial charge is 0.254 e. The molecule has 0 spiro atoms. The number of nitrogens with two attached hydrogens (primary N) is 1. The van der Waals surface area contributed by atoms with E-state index in [-0.39, 0.29) is 30.3 Å². The van der Waals surface area contributed by atoms with Crippen LogP contribution in [0.3, 0.4) is 0 Å². The number of amides is 2. The molecule has 0 aromatic heterocycles. The number of hydrogen-bond donors (Lipinski definition) is 2. The zero-order valence-electron chi connectivity index (χ0n) is 11.5. The minimum Gasteiger partial charge on any atom is -0.357 e. The Labute approximate surface area is 124 Å². The molecule has 3 N–H and O–H groups in total. The van der Waals surface area contributed by atoms with Crippen LogP contribution in [0.4, 0.5) is 0 Å². The first kappa shape index (κ1) is 16.5. The third kappa shape index (κ3) is 3.29. The Morgan fingerprint density at radius 1 is 1.35 bits per heavy atom. The molecule has 1 saturated heterocycles. The van der Waals surface area contributed by atoms with Crippen molar-refractivity contribution in [1.29, 1.82) is 0 Å². The highest BCUT2D eigenvalue weighted by Crippen LogP contribution is 2.20. The van der Waals surface area contributed by atoms with E-state index in [1.807, 2.05) is 12.1 Å². The van der Waals surface area contributed by atoms with Crippen LogP contribution in [0, 0.1) is 0 Å². The van der Waals surface area contributed by atoms with Gasteiger partial charge < -0.3 is 16.0 Å². The Hall–Kier alpha value is -1.59. The molecule has 110 valence electrons. The van der Waals surface area contributed by atoms with Gasteiger partial charge in [0.15, 0.2) is 0 Å². The van der Waals surface area contributed by atoms with Crippen molar-refractivity contribution in [2.75, 3.05) is 13.6 Å². The van der Waals surface area contributed by atoms with E-state index in [9.17, 15) is 9.59 Å². The molecule has 0 radical (unpaired) electrons. The lowest BCUT2D eigenvalue weighted by molar-refractivity contribution is -0.124. The van der Waals surface area contributed by atoms with Gasteiger partial charge in [0.25, 0.3) is 5.91 Å². The summed E-state index contributed by atoms with van der Waals surface area (Å²) in [5.41, 5.74) is 7.12. The van der Waals surface area contributed by atoms with Gasteiger partial charge in [-0.15, -0.1) is 12.4 Å². The summed E-state index contributed by atoms with van der Waals surface area (Å²) in [5.74, 6) is -0.181. The second-order valence-electron chi connectivity index (χ2n) is 4.67. The van der Waals surface area contributed by atoms with Crippen LogP contribution < -0.4 is 11.1 Å². The predicted octanol–water partition coefficient (Wildman–Crippen LogP) is 0.918. The zero-order chi connectivity index (χ0) is 13.8. The van der Waals surface area contributed by atoms with Crippen LogP contribution in [0.15, 0.2) is 24.3 Å². The van der Waals surface area contributed by atoms with Crippen molar-refractivity contribution in [2.45, 2.75) is 25.4 Å². The summed E-state index contributed by atoms with van der Waals surface area (Å²) in [4.78, 5) is 25.8. The van der Waals surface area contributed by atoms with Crippen molar-refractivity contribution in [3.63, 3.8) is 0 Å². The molecule has 1 aromatic carbocycles. The summed E-state index contributed by atoms with van der Waals surface area (Å²) in [5, 5.41) is 2.61. The second kappa shape index (κ2) is 7.26. The molecule has 0 saturated carbocycles. The molecule has 2 amide bonds. The van der Waals surface area contributed by atoms with Crippen molar-refractivity contribution >= 4 is 24.2 Å². The van der Waals surface area contributed by atoms with E-state index >= 15 is 0 Å². The van der Waals surface area contributed by atoms with E-state index in [2.05, 4.69) is 5.32 Å². The van der Waals surface area contributed by atoms with E-state index in [0.29, 0.717) is 18.7 Å². The average molecular weight is 298 g/mol. The van der Waals surface area contributed by atoms with Crippen molar-refractivity contribution in [2.24, 2.45) is 5.73 Å². The first-order valence-electron chi connectivity index (χ1n) is 6.49. The molecule has 5 nitrogen and oxygen atoms in total. The van der Waals surface area contributed by atoms with Crippen LogP contribution in [-0.4, -0.2) is 36.3 Å². The van der Waals surface area contributed by atoms with Gasteiger partial charge in [-0.25, -0.2) is 0 Å². The lowest BCUT2D eigenvalue weighted by Crippen LogP contribution is -2.44. The molecule has 0 aliphatic carbocycles. The van der Waals surface area contributed by atoms with Gasteiger partial charge in [0.2, 0.25) is 5.91 Å². The highest BCUT2D eigenvalue weighted by atomic mass is 35.5. The fourth-order valence-electron chi connectivity index (χ4n) is 2.40. The molecule has 6 heteroatoms. The molecule has 0 bridgehead atoms. The third-order valence-corrected chi connectivity index (χ3v) is 3.50. The summed E-state index contributed by atoms with van der Waals surface area (Å²) in [6.45, 7) is 1.09. The second-order valence-corrected chi connectivity index (χ2v) is 4.67. The third-order valence-electron chi connectivity index (χ3n) is 3.50. The monoisotopic (exact) mass is 297 g/mol. The Morgan fingerprint density at radius 2 is 2.00 bits per heavy atom. The average Bonchev–Trinajstić information content (AvgIpc) is 2.95. The number of carbonyl (C=O) groups excluding carboxylic acids is 2. The molecule has 1 fully saturated rings. The molecule has 1 aliphatic heterocycles. The topological polar surface area (TPSA) is 75.4 Å². The van der Waals surface area contributed by atoms with Crippen LogP contribution in [0.1, 0.15) is 28.8 Å². The standard InChI is InChI=1S/C14H19N3O2.ClH/c1-16-13(18)12-3-2-8-17(12)14(19)11-6-4-10(9-15)5-7-11;/h4-7,12H,2-3,8-9,15H2,1H3,(H,16,18);1H. The Balaban J connectivity index is 0.00000200. The van der Waals surface area contributed by atoms with E-state index in [1.165, 1.54) is 0 Å². The summed E-state index contributed by atoms with van der Waals surface area (Å²) >= 11 is 0. The molecular formula is C14H20ClN3O2. The first-order chi connectivity index (χ1) is 9.17. The van der Waals surface area contributed by atoms with Crippen LogP contribution in [0.25, 0.3) is 0 Å². The number of nitrogens with zero attached hydrogens (tertiary/aromatic N) is 1. The molecule has 20 heavy (non-hydrogen) atoms. The quantitative estimate of drug-likeness (QED) is 0.871. The Bertz CT molecular complexity index is 476. The number of benzene rings is 1. The minimum absolute atomic E-state index is 0. The lowest BCUT2D eigenvalue weighted by Gasteiger charge is -2.23. The van der Waals surface area contributed by atoms with E-state index in [4.69, 9.17) is 5.73 Å². The summed E-state index contributed by atoms with van der Waals surface area (Å²) in [7, 11) is 1.60. The van der Waals surface area contributed by atoms with Gasteiger partial charge in [-0.05, 0) is 30.5 Å². The van der Waals surface area contributed by atoms with Gasteiger partial charge in [0, 0.05) is 25.7 Å². The first-order valence-corrected chi connectivity index (χ1v) is 6.49. The van der Waals surface area contributed by atoms with Crippen LogP contribution >= 0.6 is 12.4 Å².